The molecule has 4 nitrogen and oxygen atoms in total. The highest BCUT2D eigenvalue weighted by molar-refractivity contribution is 6.30. The molecule has 1 aromatic carbocycles. The lowest BCUT2D eigenvalue weighted by atomic mass is 10.2. The van der Waals surface area contributed by atoms with Crippen LogP contribution in [0, 0.1) is 0 Å². The molecule has 0 fully saturated rings. The number of aromatic nitrogens is 1. The molecule has 0 radical (unpaired) electrons. The molecule has 1 amide bonds. The molecule has 1 heterocycles. The van der Waals surface area contributed by atoms with E-state index in [0.717, 1.165) is 0 Å². The van der Waals surface area contributed by atoms with Crippen LogP contribution in [0.2, 0.25) is 5.02 Å². The first kappa shape index (κ1) is 9.73. The monoisotopic (exact) mass is 222 g/mol. The van der Waals surface area contributed by atoms with Crippen LogP contribution in [0.25, 0.3) is 11.5 Å². The zero-order valence-electron chi connectivity index (χ0n) is 7.61. The third-order valence-corrected chi connectivity index (χ3v) is 2.06. The third kappa shape index (κ3) is 1.99. The second kappa shape index (κ2) is 3.74. The number of hydrogen-bond donors (Lipinski definition) is 1. The molecule has 15 heavy (non-hydrogen) atoms. The van der Waals surface area contributed by atoms with Crippen molar-refractivity contribution < 1.29 is 9.21 Å². The average Bonchev–Trinajstić information content (AvgIpc) is 2.66. The Bertz CT molecular complexity index is 508. The summed E-state index contributed by atoms with van der Waals surface area (Å²) in [6.07, 6.45) is 1.29. The topological polar surface area (TPSA) is 69.1 Å². The summed E-state index contributed by atoms with van der Waals surface area (Å²) in [6, 6.07) is 6.98. The minimum absolute atomic E-state index is 0.0324. The van der Waals surface area contributed by atoms with Gasteiger partial charge in [0, 0.05) is 10.6 Å². The van der Waals surface area contributed by atoms with Crippen molar-refractivity contribution in [3.63, 3.8) is 0 Å². The molecule has 1 aromatic heterocycles. The Hall–Kier alpha value is -1.81. The fraction of sp³-hybridized carbons (Fsp3) is 0. The van der Waals surface area contributed by atoms with Gasteiger partial charge in [0.25, 0.3) is 5.91 Å². The van der Waals surface area contributed by atoms with Gasteiger partial charge in [0.05, 0.1) is 6.20 Å². The summed E-state index contributed by atoms with van der Waals surface area (Å²) in [5, 5.41) is 0.575. The summed E-state index contributed by atoms with van der Waals surface area (Å²) >= 11 is 5.80. The van der Waals surface area contributed by atoms with Gasteiger partial charge in [0.1, 0.15) is 0 Å². The number of carbonyl (C=O) groups excluding carboxylic acids is 1. The third-order valence-electron chi connectivity index (χ3n) is 1.82. The first-order valence-corrected chi connectivity index (χ1v) is 4.56. The van der Waals surface area contributed by atoms with Gasteiger partial charge in [-0.25, -0.2) is 4.98 Å². The van der Waals surface area contributed by atoms with E-state index < -0.39 is 5.91 Å². The van der Waals surface area contributed by atoms with Crippen molar-refractivity contribution in [1.29, 1.82) is 0 Å². The molecule has 0 bridgehead atoms. The van der Waals surface area contributed by atoms with Crippen LogP contribution in [0.5, 0.6) is 0 Å². The summed E-state index contributed by atoms with van der Waals surface area (Å²) in [5.41, 5.74) is 5.74. The lowest BCUT2D eigenvalue weighted by Gasteiger charge is -1.95. The highest BCUT2D eigenvalue weighted by Gasteiger charge is 2.10. The van der Waals surface area contributed by atoms with E-state index >= 15 is 0 Å². The predicted octanol–water partition coefficient (Wildman–Crippen LogP) is 2.09. The molecular formula is C10H7ClN2O2. The Morgan fingerprint density at radius 1 is 1.47 bits per heavy atom. The van der Waals surface area contributed by atoms with E-state index in [9.17, 15) is 4.79 Å². The predicted molar refractivity (Wildman–Crippen MR) is 55.5 cm³/mol. The van der Waals surface area contributed by atoms with E-state index in [0.29, 0.717) is 16.5 Å². The molecule has 0 saturated heterocycles. The number of benzene rings is 1. The molecule has 5 heteroatoms. The Balaban J connectivity index is 2.41. The Labute approximate surface area is 90.7 Å². The van der Waals surface area contributed by atoms with Crippen molar-refractivity contribution >= 4 is 17.5 Å². The second-order valence-electron chi connectivity index (χ2n) is 2.90. The average molecular weight is 223 g/mol. The van der Waals surface area contributed by atoms with Gasteiger partial charge >= 0.3 is 0 Å². The van der Waals surface area contributed by atoms with Crippen molar-refractivity contribution in [2.75, 3.05) is 0 Å². The molecule has 0 unspecified atom stereocenters. The molecular weight excluding hydrogens is 216 g/mol. The minimum Gasteiger partial charge on any atom is -0.431 e. The number of halogens is 1. The van der Waals surface area contributed by atoms with Crippen LogP contribution in [0.15, 0.2) is 34.9 Å². The summed E-state index contributed by atoms with van der Waals surface area (Å²) in [5.74, 6) is -0.285. The van der Waals surface area contributed by atoms with Crippen LogP contribution >= 0.6 is 11.6 Å². The standard InChI is InChI=1S/C10H7ClN2O2/c11-7-3-1-2-6(4-7)10-13-5-8(15-10)9(12)14/h1-5H,(H2,12,14). The SMILES string of the molecule is NC(=O)c1cnc(-c2cccc(Cl)c2)o1. The maximum atomic E-state index is 10.8. The summed E-state index contributed by atoms with van der Waals surface area (Å²) in [6.45, 7) is 0. The van der Waals surface area contributed by atoms with Crippen molar-refractivity contribution in [3.8, 4) is 11.5 Å². The molecule has 2 aromatic rings. The quantitative estimate of drug-likeness (QED) is 0.846. The summed E-state index contributed by atoms with van der Waals surface area (Å²) < 4.78 is 5.14. The molecule has 0 aliphatic rings. The van der Waals surface area contributed by atoms with E-state index in [1.165, 1.54) is 6.20 Å². The number of oxazole rings is 1. The lowest BCUT2D eigenvalue weighted by molar-refractivity contribution is 0.0975. The number of carbonyl (C=O) groups is 1. The minimum atomic E-state index is -0.643. The van der Waals surface area contributed by atoms with Gasteiger partial charge in [-0.1, -0.05) is 17.7 Å². The largest absolute Gasteiger partial charge is 0.431 e. The molecule has 0 saturated carbocycles. The molecule has 0 atom stereocenters. The van der Waals surface area contributed by atoms with Crippen LogP contribution in [0.4, 0.5) is 0 Å². The van der Waals surface area contributed by atoms with Crippen molar-refractivity contribution in [3.05, 3.63) is 41.2 Å². The first-order chi connectivity index (χ1) is 7.16. The van der Waals surface area contributed by atoms with Crippen LogP contribution in [-0.2, 0) is 0 Å². The molecule has 0 aliphatic carbocycles. The highest BCUT2D eigenvalue weighted by Crippen LogP contribution is 2.22. The van der Waals surface area contributed by atoms with Gasteiger partial charge in [-0.3, -0.25) is 4.79 Å². The van der Waals surface area contributed by atoms with Gasteiger partial charge in [0.15, 0.2) is 0 Å². The Morgan fingerprint density at radius 2 is 2.27 bits per heavy atom. The van der Waals surface area contributed by atoms with E-state index in [2.05, 4.69) is 4.98 Å². The number of amides is 1. The second-order valence-corrected chi connectivity index (χ2v) is 3.34. The van der Waals surface area contributed by atoms with Crippen LogP contribution in [0.1, 0.15) is 10.6 Å². The number of hydrogen-bond acceptors (Lipinski definition) is 3. The smallest absolute Gasteiger partial charge is 0.286 e. The molecule has 76 valence electrons. The first-order valence-electron chi connectivity index (χ1n) is 4.18. The number of nitrogens with zero attached hydrogens (tertiary/aromatic N) is 1. The Morgan fingerprint density at radius 3 is 2.87 bits per heavy atom. The number of rotatable bonds is 2. The van der Waals surface area contributed by atoms with Gasteiger partial charge in [0.2, 0.25) is 11.7 Å². The Kier molecular flexibility index (Phi) is 2.43. The zero-order valence-corrected chi connectivity index (χ0v) is 8.36. The van der Waals surface area contributed by atoms with Crippen LogP contribution < -0.4 is 5.73 Å². The zero-order chi connectivity index (χ0) is 10.8. The van der Waals surface area contributed by atoms with Crippen LogP contribution in [0.3, 0.4) is 0 Å². The van der Waals surface area contributed by atoms with E-state index in [-0.39, 0.29) is 5.76 Å². The van der Waals surface area contributed by atoms with E-state index in [1.807, 2.05) is 0 Å². The van der Waals surface area contributed by atoms with E-state index in [4.69, 9.17) is 21.8 Å². The van der Waals surface area contributed by atoms with Crippen molar-refractivity contribution in [2.45, 2.75) is 0 Å². The van der Waals surface area contributed by atoms with Crippen molar-refractivity contribution in [2.24, 2.45) is 5.73 Å². The van der Waals surface area contributed by atoms with Gasteiger partial charge in [-0.15, -0.1) is 0 Å². The van der Waals surface area contributed by atoms with Crippen LogP contribution in [-0.4, -0.2) is 10.9 Å². The van der Waals surface area contributed by atoms with E-state index in [1.54, 1.807) is 24.3 Å². The fourth-order valence-electron chi connectivity index (χ4n) is 1.14. The summed E-state index contributed by atoms with van der Waals surface area (Å²) in [4.78, 5) is 14.7. The number of nitrogens with two attached hydrogens (primary N) is 1. The molecule has 2 N–H and O–H groups in total. The number of primary amides is 1. The molecule has 2 rings (SSSR count). The fourth-order valence-corrected chi connectivity index (χ4v) is 1.33. The summed E-state index contributed by atoms with van der Waals surface area (Å²) in [7, 11) is 0. The van der Waals surface area contributed by atoms with Crippen molar-refractivity contribution in [1.82, 2.24) is 4.98 Å². The normalized spacial score (nSPS) is 10.2. The van der Waals surface area contributed by atoms with Gasteiger partial charge in [-0.05, 0) is 18.2 Å². The maximum absolute atomic E-state index is 10.8. The maximum Gasteiger partial charge on any atom is 0.286 e. The van der Waals surface area contributed by atoms with Gasteiger partial charge < -0.3 is 10.2 Å². The van der Waals surface area contributed by atoms with Gasteiger partial charge in [-0.2, -0.15) is 0 Å². The highest BCUT2D eigenvalue weighted by atomic mass is 35.5. The lowest BCUT2D eigenvalue weighted by Crippen LogP contribution is -2.09. The molecule has 0 aliphatic heterocycles. The molecule has 0 spiro atoms.